The molecular formula is C14H21BrN2O. The maximum absolute atomic E-state index is 12.6. The smallest absolute Gasteiger partial charge is 0.270 e. The number of hydrogen-bond donors (Lipinski definition) is 0. The van der Waals surface area contributed by atoms with Crippen LogP contribution in [0.25, 0.3) is 0 Å². The number of nitrogens with zero attached hydrogens (tertiary/aromatic N) is 2. The van der Waals surface area contributed by atoms with Crippen molar-refractivity contribution in [2.24, 2.45) is 5.92 Å². The molecule has 1 amide bonds. The third-order valence-corrected chi connectivity index (χ3v) is 4.49. The molecule has 2 atom stereocenters. The molecule has 0 N–H and O–H groups in total. The number of carbonyl (C=O) groups excluding carboxylic acids is 1. The summed E-state index contributed by atoms with van der Waals surface area (Å²) < 4.78 is 2.99. The fourth-order valence-corrected chi connectivity index (χ4v) is 3.15. The number of likely N-dealkylation sites (tertiary alicyclic amines) is 1. The van der Waals surface area contributed by atoms with Crippen LogP contribution in [0.5, 0.6) is 0 Å². The molecule has 0 saturated carbocycles. The summed E-state index contributed by atoms with van der Waals surface area (Å²) in [4.78, 5) is 14.7. The first-order valence-corrected chi connectivity index (χ1v) is 7.50. The highest BCUT2D eigenvalue weighted by molar-refractivity contribution is 9.10. The van der Waals surface area contributed by atoms with Gasteiger partial charge in [-0.3, -0.25) is 4.79 Å². The Morgan fingerprint density at radius 3 is 2.89 bits per heavy atom. The van der Waals surface area contributed by atoms with Crippen molar-refractivity contribution in [3.8, 4) is 0 Å². The van der Waals surface area contributed by atoms with Crippen LogP contribution in [0.3, 0.4) is 0 Å². The molecule has 1 aliphatic rings. The maximum atomic E-state index is 12.6. The molecule has 1 aromatic heterocycles. The first-order chi connectivity index (χ1) is 8.54. The highest BCUT2D eigenvalue weighted by atomic mass is 79.9. The van der Waals surface area contributed by atoms with Gasteiger partial charge in [0.1, 0.15) is 5.69 Å². The number of aromatic nitrogens is 1. The zero-order valence-electron chi connectivity index (χ0n) is 11.3. The first kappa shape index (κ1) is 13.7. The Balaban J connectivity index is 2.24. The molecule has 18 heavy (non-hydrogen) atoms. The molecule has 1 aliphatic heterocycles. The predicted molar refractivity (Wildman–Crippen MR) is 76.7 cm³/mol. The van der Waals surface area contributed by atoms with Crippen LogP contribution in [0.2, 0.25) is 0 Å². The summed E-state index contributed by atoms with van der Waals surface area (Å²) in [5.41, 5.74) is 0.797. The minimum Gasteiger partial charge on any atom is -0.343 e. The number of hydrogen-bond acceptors (Lipinski definition) is 1. The Bertz CT molecular complexity index is 441. The summed E-state index contributed by atoms with van der Waals surface area (Å²) >= 11 is 3.45. The van der Waals surface area contributed by atoms with E-state index in [1.165, 1.54) is 6.42 Å². The van der Waals surface area contributed by atoms with Gasteiger partial charge in [-0.2, -0.15) is 0 Å². The summed E-state index contributed by atoms with van der Waals surface area (Å²) in [7, 11) is 0. The Kier molecular flexibility index (Phi) is 4.15. The highest BCUT2D eigenvalue weighted by Gasteiger charge is 2.30. The average Bonchev–Trinajstić information content (AvgIpc) is 2.73. The van der Waals surface area contributed by atoms with E-state index in [0.29, 0.717) is 12.0 Å². The largest absolute Gasteiger partial charge is 0.343 e. The van der Waals surface area contributed by atoms with Gasteiger partial charge in [-0.15, -0.1) is 0 Å². The molecule has 3 nitrogen and oxygen atoms in total. The lowest BCUT2D eigenvalue weighted by Crippen LogP contribution is -2.46. The van der Waals surface area contributed by atoms with Crippen LogP contribution >= 0.6 is 15.9 Å². The second-order valence-electron chi connectivity index (χ2n) is 5.19. The molecule has 1 fully saturated rings. The molecule has 0 radical (unpaired) electrons. The van der Waals surface area contributed by atoms with Gasteiger partial charge in [-0.25, -0.2) is 0 Å². The Morgan fingerprint density at radius 2 is 2.22 bits per heavy atom. The lowest BCUT2D eigenvalue weighted by Gasteiger charge is -2.38. The van der Waals surface area contributed by atoms with Gasteiger partial charge in [0.15, 0.2) is 0 Å². The third kappa shape index (κ3) is 2.48. The summed E-state index contributed by atoms with van der Waals surface area (Å²) in [5.74, 6) is 0.762. The second-order valence-corrected chi connectivity index (χ2v) is 6.10. The van der Waals surface area contributed by atoms with E-state index in [1.807, 2.05) is 21.7 Å². The molecule has 1 saturated heterocycles. The van der Waals surface area contributed by atoms with Crippen LogP contribution in [0, 0.1) is 5.92 Å². The SMILES string of the molecule is CCn1cc(Br)cc1C(=O)N1CCCC(C)C1C. The van der Waals surface area contributed by atoms with Crippen LogP contribution in [-0.2, 0) is 6.54 Å². The Labute approximate surface area is 117 Å². The van der Waals surface area contributed by atoms with E-state index >= 15 is 0 Å². The number of piperidine rings is 1. The monoisotopic (exact) mass is 312 g/mol. The maximum Gasteiger partial charge on any atom is 0.270 e. The Hall–Kier alpha value is -0.770. The van der Waals surface area contributed by atoms with Crippen molar-refractivity contribution in [2.75, 3.05) is 6.54 Å². The summed E-state index contributed by atoms with van der Waals surface area (Å²) in [6, 6.07) is 2.27. The number of halogens is 1. The van der Waals surface area contributed by atoms with Crippen LogP contribution in [0.1, 0.15) is 44.1 Å². The van der Waals surface area contributed by atoms with Gasteiger partial charge in [0.25, 0.3) is 5.91 Å². The second kappa shape index (κ2) is 5.47. The molecule has 1 aromatic rings. The lowest BCUT2D eigenvalue weighted by atomic mass is 9.92. The number of rotatable bonds is 2. The van der Waals surface area contributed by atoms with E-state index in [1.54, 1.807) is 0 Å². The van der Waals surface area contributed by atoms with Crippen molar-refractivity contribution in [1.29, 1.82) is 0 Å². The van der Waals surface area contributed by atoms with Crippen LogP contribution < -0.4 is 0 Å². The lowest BCUT2D eigenvalue weighted by molar-refractivity contribution is 0.0540. The van der Waals surface area contributed by atoms with E-state index in [0.717, 1.165) is 29.7 Å². The third-order valence-electron chi connectivity index (χ3n) is 4.06. The number of amides is 1. The van der Waals surface area contributed by atoms with E-state index in [9.17, 15) is 4.79 Å². The molecular weight excluding hydrogens is 292 g/mol. The van der Waals surface area contributed by atoms with Gasteiger partial charge in [-0.05, 0) is 54.6 Å². The van der Waals surface area contributed by atoms with Gasteiger partial charge in [0.2, 0.25) is 0 Å². The highest BCUT2D eigenvalue weighted by Crippen LogP contribution is 2.25. The molecule has 4 heteroatoms. The average molecular weight is 313 g/mol. The molecule has 2 unspecified atom stereocenters. The standard InChI is InChI=1S/C14H21BrN2O/c1-4-16-9-12(15)8-13(16)14(18)17-7-5-6-10(2)11(17)3/h8-11H,4-7H2,1-3H3. The van der Waals surface area contributed by atoms with Crippen molar-refractivity contribution in [3.63, 3.8) is 0 Å². The normalized spacial score (nSPS) is 24.3. The van der Waals surface area contributed by atoms with Gasteiger partial charge in [0.05, 0.1) is 0 Å². The summed E-state index contributed by atoms with van der Waals surface area (Å²) in [6.45, 7) is 8.17. The van der Waals surface area contributed by atoms with Gasteiger partial charge < -0.3 is 9.47 Å². The molecule has 0 spiro atoms. The fraction of sp³-hybridized carbons (Fsp3) is 0.643. The van der Waals surface area contributed by atoms with Gasteiger partial charge >= 0.3 is 0 Å². The number of carbonyl (C=O) groups is 1. The molecule has 0 aromatic carbocycles. The van der Waals surface area contributed by atoms with E-state index < -0.39 is 0 Å². The fourth-order valence-electron chi connectivity index (χ4n) is 2.68. The van der Waals surface area contributed by atoms with Gasteiger partial charge in [-0.1, -0.05) is 6.92 Å². The van der Waals surface area contributed by atoms with E-state index in [2.05, 4.69) is 36.7 Å². The van der Waals surface area contributed by atoms with E-state index in [4.69, 9.17) is 0 Å². The van der Waals surface area contributed by atoms with Crippen molar-refractivity contribution in [2.45, 2.75) is 46.2 Å². The Morgan fingerprint density at radius 1 is 1.50 bits per heavy atom. The van der Waals surface area contributed by atoms with Crippen molar-refractivity contribution in [3.05, 3.63) is 22.4 Å². The summed E-state index contributed by atoms with van der Waals surface area (Å²) in [5, 5.41) is 0. The van der Waals surface area contributed by atoms with Crippen molar-refractivity contribution >= 4 is 21.8 Å². The molecule has 0 aliphatic carbocycles. The topological polar surface area (TPSA) is 25.2 Å². The molecule has 100 valence electrons. The zero-order valence-corrected chi connectivity index (χ0v) is 12.9. The van der Waals surface area contributed by atoms with Crippen molar-refractivity contribution < 1.29 is 4.79 Å². The minimum atomic E-state index is 0.168. The first-order valence-electron chi connectivity index (χ1n) is 6.71. The van der Waals surface area contributed by atoms with Crippen LogP contribution in [-0.4, -0.2) is 28.0 Å². The van der Waals surface area contributed by atoms with Crippen LogP contribution in [0.15, 0.2) is 16.7 Å². The van der Waals surface area contributed by atoms with E-state index in [-0.39, 0.29) is 5.91 Å². The van der Waals surface area contributed by atoms with Crippen molar-refractivity contribution in [1.82, 2.24) is 9.47 Å². The van der Waals surface area contributed by atoms with Gasteiger partial charge in [0, 0.05) is 29.8 Å². The number of aryl methyl sites for hydroxylation is 1. The molecule has 2 heterocycles. The summed E-state index contributed by atoms with van der Waals surface area (Å²) in [6.07, 6.45) is 4.32. The molecule has 0 bridgehead atoms. The zero-order chi connectivity index (χ0) is 13.3. The minimum absolute atomic E-state index is 0.168. The predicted octanol–water partition coefficient (Wildman–Crippen LogP) is 3.53. The quantitative estimate of drug-likeness (QED) is 0.820. The molecule has 2 rings (SSSR count). The van der Waals surface area contributed by atoms with Crippen LogP contribution in [0.4, 0.5) is 0 Å².